The molecule has 0 amide bonds. The molecule has 1 saturated heterocycles. The summed E-state index contributed by atoms with van der Waals surface area (Å²) in [5.41, 5.74) is 1.35. The van der Waals surface area contributed by atoms with Crippen molar-refractivity contribution in [2.75, 3.05) is 20.3 Å². The predicted octanol–water partition coefficient (Wildman–Crippen LogP) is 2.03. The Hall–Kier alpha value is -1.86. The van der Waals surface area contributed by atoms with Gasteiger partial charge in [-0.05, 0) is 37.1 Å². The van der Waals surface area contributed by atoms with Gasteiger partial charge in [0.05, 0.1) is 26.4 Å². The maximum Gasteiger partial charge on any atom is 0.187 e. The lowest BCUT2D eigenvalue weighted by atomic mass is 9.79. The number of hydrogen-bond donors (Lipinski definition) is 0. The third kappa shape index (κ3) is 1.77. The molecule has 0 N–H and O–H groups in total. The van der Waals surface area contributed by atoms with Gasteiger partial charge >= 0.3 is 0 Å². The summed E-state index contributed by atoms with van der Waals surface area (Å²) in [5.74, 6) is 0.618. The predicted molar refractivity (Wildman–Crippen MR) is 65.7 cm³/mol. The van der Waals surface area contributed by atoms with E-state index in [1.807, 2.05) is 13.8 Å². The van der Waals surface area contributed by atoms with Crippen LogP contribution in [0.2, 0.25) is 0 Å². The van der Waals surface area contributed by atoms with Gasteiger partial charge in [0.25, 0.3) is 0 Å². The second-order valence-corrected chi connectivity index (χ2v) is 4.66. The average molecular weight is 245 g/mol. The molecule has 0 saturated carbocycles. The molecule has 0 unspecified atom stereocenters. The number of benzene rings is 1. The van der Waals surface area contributed by atoms with E-state index >= 15 is 0 Å². The molecule has 0 atom stereocenters. The van der Waals surface area contributed by atoms with E-state index in [1.54, 1.807) is 19.2 Å². The molecule has 0 radical (unpaired) electrons. The molecule has 94 valence electrons. The van der Waals surface area contributed by atoms with Gasteiger partial charge in [0.15, 0.2) is 11.2 Å². The molecule has 1 aliphatic heterocycles. The largest absolute Gasteiger partial charge is 0.496 e. The minimum absolute atomic E-state index is 0.162. The highest BCUT2D eigenvalue weighted by molar-refractivity contribution is 6.03. The summed E-state index contributed by atoms with van der Waals surface area (Å²) in [5, 5.41) is 9.13. The standard InChI is InChI=1S/C14H15NO3/c1-9-4-11(5-10(2)12(9)17-3)13(16)14(6-15)7-18-8-14/h4-5H,7-8H2,1-3H3. The molecule has 18 heavy (non-hydrogen) atoms. The number of nitrogens with zero attached hydrogens (tertiary/aromatic N) is 1. The first-order chi connectivity index (χ1) is 8.54. The Kier molecular flexibility index (Phi) is 3.10. The fraction of sp³-hybridized carbons (Fsp3) is 0.429. The Morgan fingerprint density at radius 1 is 1.39 bits per heavy atom. The molecule has 1 aromatic rings. The van der Waals surface area contributed by atoms with Crippen molar-refractivity contribution < 1.29 is 14.3 Å². The number of hydrogen-bond acceptors (Lipinski definition) is 4. The highest BCUT2D eigenvalue weighted by atomic mass is 16.5. The number of ketones is 1. The zero-order valence-electron chi connectivity index (χ0n) is 10.7. The van der Waals surface area contributed by atoms with Crippen LogP contribution in [0.3, 0.4) is 0 Å². The third-order valence-electron chi connectivity index (χ3n) is 3.27. The number of methoxy groups -OCH3 is 1. The summed E-state index contributed by atoms with van der Waals surface area (Å²) in [6, 6.07) is 5.61. The van der Waals surface area contributed by atoms with E-state index in [4.69, 9.17) is 14.7 Å². The summed E-state index contributed by atoms with van der Waals surface area (Å²) in [6.45, 7) is 4.15. The van der Waals surface area contributed by atoms with Gasteiger partial charge in [-0.2, -0.15) is 5.26 Å². The van der Waals surface area contributed by atoms with Crippen LogP contribution < -0.4 is 4.74 Å². The molecule has 1 aliphatic rings. The van der Waals surface area contributed by atoms with Crippen LogP contribution in [0.5, 0.6) is 5.75 Å². The molecule has 0 spiro atoms. The van der Waals surface area contributed by atoms with Crippen LogP contribution in [0, 0.1) is 30.6 Å². The molecular weight excluding hydrogens is 230 g/mol. The molecule has 1 fully saturated rings. The van der Waals surface area contributed by atoms with Crippen LogP contribution in [-0.2, 0) is 4.74 Å². The first-order valence-corrected chi connectivity index (χ1v) is 5.73. The van der Waals surface area contributed by atoms with Crippen LogP contribution in [0.4, 0.5) is 0 Å². The summed E-state index contributed by atoms with van der Waals surface area (Å²) >= 11 is 0. The van der Waals surface area contributed by atoms with E-state index in [-0.39, 0.29) is 19.0 Å². The highest BCUT2D eigenvalue weighted by Gasteiger charge is 2.46. The lowest BCUT2D eigenvalue weighted by Crippen LogP contribution is -2.47. The monoisotopic (exact) mass is 245 g/mol. The molecule has 2 rings (SSSR count). The van der Waals surface area contributed by atoms with E-state index in [0.29, 0.717) is 5.56 Å². The molecule has 0 aliphatic carbocycles. The van der Waals surface area contributed by atoms with Crippen LogP contribution in [-0.4, -0.2) is 26.1 Å². The van der Waals surface area contributed by atoms with Gasteiger partial charge < -0.3 is 9.47 Å². The van der Waals surface area contributed by atoms with Gasteiger partial charge in [-0.1, -0.05) is 0 Å². The van der Waals surface area contributed by atoms with Gasteiger partial charge in [0, 0.05) is 5.56 Å². The van der Waals surface area contributed by atoms with Gasteiger partial charge in [0.2, 0.25) is 0 Å². The molecule has 1 heterocycles. The summed E-state index contributed by atoms with van der Waals surface area (Å²) in [6.07, 6.45) is 0. The first-order valence-electron chi connectivity index (χ1n) is 5.73. The minimum atomic E-state index is -0.993. The quantitative estimate of drug-likeness (QED) is 0.764. The average Bonchev–Trinajstić information content (AvgIpc) is 2.27. The Labute approximate surface area is 106 Å². The number of nitriles is 1. The smallest absolute Gasteiger partial charge is 0.187 e. The number of Topliss-reactive ketones (excluding diaryl/α,β-unsaturated/α-hetero) is 1. The van der Waals surface area contributed by atoms with Gasteiger partial charge in [-0.15, -0.1) is 0 Å². The highest BCUT2D eigenvalue weighted by Crippen LogP contribution is 2.33. The second-order valence-electron chi connectivity index (χ2n) is 4.66. The number of aryl methyl sites for hydroxylation is 2. The van der Waals surface area contributed by atoms with Crippen molar-refractivity contribution >= 4 is 5.78 Å². The lowest BCUT2D eigenvalue weighted by molar-refractivity contribution is -0.0566. The maximum absolute atomic E-state index is 12.3. The summed E-state index contributed by atoms with van der Waals surface area (Å²) < 4.78 is 10.3. The first kappa shape index (κ1) is 12.6. The van der Waals surface area contributed by atoms with Crippen LogP contribution >= 0.6 is 0 Å². The van der Waals surface area contributed by atoms with Crippen molar-refractivity contribution in [1.82, 2.24) is 0 Å². The van der Waals surface area contributed by atoms with Crippen LogP contribution in [0.15, 0.2) is 12.1 Å². The fourth-order valence-corrected chi connectivity index (χ4v) is 2.23. The third-order valence-corrected chi connectivity index (χ3v) is 3.27. The van der Waals surface area contributed by atoms with Crippen molar-refractivity contribution in [1.29, 1.82) is 5.26 Å². The number of rotatable bonds is 3. The van der Waals surface area contributed by atoms with Crippen molar-refractivity contribution in [3.05, 3.63) is 28.8 Å². The fourth-order valence-electron chi connectivity index (χ4n) is 2.23. The summed E-state index contributed by atoms with van der Waals surface area (Å²) in [4.78, 5) is 12.3. The van der Waals surface area contributed by atoms with Crippen molar-refractivity contribution in [3.63, 3.8) is 0 Å². The molecule has 1 aromatic carbocycles. The summed E-state index contributed by atoms with van der Waals surface area (Å²) in [7, 11) is 1.60. The van der Waals surface area contributed by atoms with E-state index in [2.05, 4.69) is 6.07 Å². The topological polar surface area (TPSA) is 59.3 Å². The van der Waals surface area contributed by atoms with Crippen molar-refractivity contribution in [2.45, 2.75) is 13.8 Å². The van der Waals surface area contributed by atoms with Crippen molar-refractivity contribution in [3.8, 4) is 11.8 Å². The zero-order chi connectivity index (χ0) is 13.3. The number of ether oxygens (including phenoxy) is 2. The van der Waals surface area contributed by atoms with Gasteiger partial charge in [-0.25, -0.2) is 0 Å². The molecule has 0 bridgehead atoms. The Morgan fingerprint density at radius 2 is 1.94 bits per heavy atom. The van der Waals surface area contributed by atoms with Gasteiger partial charge in [0.1, 0.15) is 5.75 Å². The van der Waals surface area contributed by atoms with E-state index < -0.39 is 5.41 Å². The molecule has 4 heteroatoms. The molecular formula is C14H15NO3. The normalized spacial score (nSPS) is 16.6. The Morgan fingerprint density at radius 3 is 2.28 bits per heavy atom. The van der Waals surface area contributed by atoms with E-state index in [0.717, 1.165) is 16.9 Å². The number of carbonyl (C=O) groups excluding carboxylic acids is 1. The van der Waals surface area contributed by atoms with E-state index in [1.165, 1.54) is 0 Å². The maximum atomic E-state index is 12.3. The number of carbonyl (C=O) groups is 1. The van der Waals surface area contributed by atoms with Crippen LogP contribution in [0.25, 0.3) is 0 Å². The SMILES string of the molecule is COc1c(C)cc(C(=O)C2(C#N)COC2)cc1C. The van der Waals surface area contributed by atoms with Crippen LogP contribution in [0.1, 0.15) is 21.5 Å². The minimum Gasteiger partial charge on any atom is -0.496 e. The molecule has 4 nitrogen and oxygen atoms in total. The second kappa shape index (κ2) is 4.43. The zero-order valence-corrected chi connectivity index (χ0v) is 10.7. The lowest BCUT2D eigenvalue weighted by Gasteiger charge is -2.33. The van der Waals surface area contributed by atoms with Gasteiger partial charge in [-0.3, -0.25) is 4.79 Å². The molecule has 0 aromatic heterocycles. The van der Waals surface area contributed by atoms with Crippen molar-refractivity contribution in [2.24, 2.45) is 5.41 Å². The van der Waals surface area contributed by atoms with E-state index in [9.17, 15) is 4.79 Å². The Bertz CT molecular complexity index is 515. The Balaban J connectivity index is 2.41.